The van der Waals surface area contributed by atoms with Crippen molar-refractivity contribution in [3.8, 4) is 0 Å². The summed E-state index contributed by atoms with van der Waals surface area (Å²) < 4.78 is 0. The summed E-state index contributed by atoms with van der Waals surface area (Å²) in [5, 5.41) is 14.0. The number of hydrogen-bond acceptors (Lipinski definition) is 4. The second-order valence-corrected chi connectivity index (χ2v) is 4.81. The molecule has 1 fully saturated rings. The van der Waals surface area contributed by atoms with Gasteiger partial charge in [0.25, 0.3) is 0 Å². The van der Waals surface area contributed by atoms with Crippen molar-refractivity contribution in [2.75, 3.05) is 11.9 Å². The number of rotatable bonds is 4. The van der Waals surface area contributed by atoms with E-state index in [1.807, 2.05) is 0 Å². The molecule has 1 aromatic rings. The van der Waals surface area contributed by atoms with Crippen LogP contribution in [0.25, 0.3) is 0 Å². The van der Waals surface area contributed by atoms with E-state index < -0.39 is 4.92 Å². The Balaban J connectivity index is 2.16. The Labute approximate surface area is 98.0 Å². The average molecular weight is 242 g/mol. The molecule has 5 nitrogen and oxygen atoms in total. The first-order valence-corrected chi connectivity index (χ1v) is 5.43. The third-order valence-corrected chi connectivity index (χ3v) is 3.03. The predicted octanol–water partition coefficient (Wildman–Crippen LogP) is 2.86. The van der Waals surface area contributed by atoms with E-state index >= 15 is 0 Å². The summed E-state index contributed by atoms with van der Waals surface area (Å²) in [5.41, 5.74) is 0.228. The van der Waals surface area contributed by atoms with Gasteiger partial charge >= 0.3 is 5.69 Å². The minimum absolute atomic E-state index is 0.0337. The van der Waals surface area contributed by atoms with Gasteiger partial charge < -0.3 is 5.32 Å². The molecule has 86 valence electrons. The van der Waals surface area contributed by atoms with Crippen LogP contribution in [0.4, 0.5) is 11.5 Å². The zero-order chi connectivity index (χ0) is 11.8. The van der Waals surface area contributed by atoms with Crippen LogP contribution in [0.3, 0.4) is 0 Å². The Bertz CT molecular complexity index is 432. The average Bonchev–Trinajstić information content (AvgIpc) is 2.94. The Morgan fingerprint density at radius 2 is 2.31 bits per heavy atom. The zero-order valence-corrected chi connectivity index (χ0v) is 9.62. The first-order valence-electron chi connectivity index (χ1n) is 5.05. The second kappa shape index (κ2) is 3.90. The van der Waals surface area contributed by atoms with Crippen LogP contribution < -0.4 is 5.32 Å². The number of anilines is 1. The van der Waals surface area contributed by atoms with Gasteiger partial charge in [0.1, 0.15) is 5.15 Å². The first kappa shape index (κ1) is 11.1. The Hall–Kier alpha value is -1.36. The monoisotopic (exact) mass is 241 g/mol. The lowest BCUT2D eigenvalue weighted by molar-refractivity contribution is -0.384. The van der Waals surface area contributed by atoms with E-state index in [0.717, 1.165) is 12.8 Å². The van der Waals surface area contributed by atoms with Crippen molar-refractivity contribution in [3.05, 3.63) is 27.4 Å². The lowest BCUT2D eigenvalue weighted by atomic mass is 10.1. The SMILES string of the molecule is CC1(CNc2nc(Cl)ccc2[N+](=O)[O-])CC1. The first-order chi connectivity index (χ1) is 7.50. The van der Waals surface area contributed by atoms with Crippen LogP contribution >= 0.6 is 11.6 Å². The fraction of sp³-hybridized carbons (Fsp3) is 0.500. The predicted molar refractivity (Wildman–Crippen MR) is 61.7 cm³/mol. The van der Waals surface area contributed by atoms with Crippen LogP contribution in [0, 0.1) is 15.5 Å². The summed E-state index contributed by atoms with van der Waals surface area (Å²) in [5.74, 6) is 0.255. The number of nitrogens with one attached hydrogen (secondary N) is 1. The van der Waals surface area contributed by atoms with Crippen molar-refractivity contribution >= 4 is 23.1 Å². The molecule has 1 aliphatic carbocycles. The van der Waals surface area contributed by atoms with Crippen LogP contribution in [-0.4, -0.2) is 16.5 Å². The van der Waals surface area contributed by atoms with Crippen LogP contribution in [0.1, 0.15) is 19.8 Å². The molecule has 1 aliphatic rings. The van der Waals surface area contributed by atoms with Gasteiger partial charge in [0, 0.05) is 12.6 Å². The largest absolute Gasteiger partial charge is 0.364 e. The topological polar surface area (TPSA) is 68.1 Å². The van der Waals surface area contributed by atoms with Crippen molar-refractivity contribution in [2.45, 2.75) is 19.8 Å². The van der Waals surface area contributed by atoms with E-state index in [1.165, 1.54) is 12.1 Å². The number of nitro groups is 1. The van der Waals surface area contributed by atoms with Crippen LogP contribution in [0.15, 0.2) is 12.1 Å². The highest BCUT2D eigenvalue weighted by Crippen LogP contribution is 2.45. The van der Waals surface area contributed by atoms with Crippen molar-refractivity contribution in [2.24, 2.45) is 5.41 Å². The van der Waals surface area contributed by atoms with E-state index in [-0.39, 0.29) is 22.1 Å². The lowest BCUT2D eigenvalue weighted by Gasteiger charge is -2.10. The quantitative estimate of drug-likeness (QED) is 0.500. The maximum Gasteiger partial charge on any atom is 0.311 e. The number of nitrogens with zero attached hydrogens (tertiary/aromatic N) is 2. The maximum absolute atomic E-state index is 10.8. The molecule has 0 aliphatic heterocycles. The molecule has 0 bridgehead atoms. The molecule has 0 aromatic carbocycles. The zero-order valence-electron chi connectivity index (χ0n) is 8.86. The Morgan fingerprint density at radius 1 is 1.62 bits per heavy atom. The van der Waals surface area contributed by atoms with Gasteiger partial charge in [0.05, 0.1) is 4.92 Å². The van der Waals surface area contributed by atoms with Gasteiger partial charge in [-0.15, -0.1) is 0 Å². The number of hydrogen-bond donors (Lipinski definition) is 1. The molecule has 1 saturated carbocycles. The van der Waals surface area contributed by atoms with Crippen molar-refractivity contribution in [1.82, 2.24) is 4.98 Å². The molecule has 0 unspecified atom stereocenters. The second-order valence-electron chi connectivity index (χ2n) is 4.42. The number of pyridine rings is 1. The summed E-state index contributed by atoms with van der Waals surface area (Å²) in [6.07, 6.45) is 2.29. The van der Waals surface area contributed by atoms with E-state index in [0.29, 0.717) is 6.54 Å². The molecule has 1 N–H and O–H groups in total. The molecular weight excluding hydrogens is 230 g/mol. The molecule has 2 rings (SSSR count). The van der Waals surface area contributed by atoms with Gasteiger partial charge in [0.2, 0.25) is 5.82 Å². The molecular formula is C10H12ClN3O2. The lowest BCUT2D eigenvalue weighted by Crippen LogP contribution is -2.13. The molecule has 0 amide bonds. The third kappa shape index (κ3) is 2.41. The van der Waals surface area contributed by atoms with E-state index in [1.54, 1.807) is 0 Å². The van der Waals surface area contributed by atoms with Gasteiger partial charge in [-0.25, -0.2) is 4.98 Å². The Kier molecular flexibility index (Phi) is 2.71. The summed E-state index contributed by atoms with van der Waals surface area (Å²) in [7, 11) is 0. The summed E-state index contributed by atoms with van der Waals surface area (Å²) in [6.45, 7) is 2.83. The normalized spacial score (nSPS) is 16.9. The maximum atomic E-state index is 10.8. The standard InChI is InChI=1S/C10H12ClN3O2/c1-10(4-5-10)6-12-9-7(14(15)16)2-3-8(11)13-9/h2-3H,4-6H2,1H3,(H,12,13). The van der Waals surface area contributed by atoms with Gasteiger partial charge in [-0.1, -0.05) is 18.5 Å². The Morgan fingerprint density at radius 3 is 2.88 bits per heavy atom. The van der Waals surface area contributed by atoms with E-state index in [2.05, 4.69) is 17.2 Å². The molecule has 16 heavy (non-hydrogen) atoms. The smallest absolute Gasteiger partial charge is 0.311 e. The fourth-order valence-electron chi connectivity index (χ4n) is 1.39. The van der Waals surface area contributed by atoms with Crippen LogP contribution in [0.5, 0.6) is 0 Å². The van der Waals surface area contributed by atoms with Gasteiger partial charge in [-0.2, -0.15) is 0 Å². The minimum Gasteiger partial charge on any atom is -0.364 e. The van der Waals surface area contributed by atoms with Crippen molar-refractivity contribution in [3.63, 3.8) is 0 Å². The van der Waals surface area contributed by atoms with E-state index in [9.17, 15) is 10.1 Å². The highest BCUT2D eigenvalue weighted by atomic mass is 35.5. The molecule has 0 saturated heterocycles. The number of aromatic nitrogens is 1. The molecule has 1 heterocycles. The van der Waals surface area contributed by atoms with Gasteiger partial charge in [0.15, 0.2) is 0 Å². The molecule has 1 aromatic heterocycles. The van der Waals surface area contributed by atoms with Gasteiger partial charge in [-0.05, 0) is 24.3 Å². The highest BCUT2D eigenvalue weighted by Gasteiger charge is 2.37. The fourth-order valence-corrected chi connectivity index (χ4v) is 1.54. The van der Waals surface area contributed by atoms with Crippen molar-refractivity contribution < 1.29 is 4.92 Å². The van der Waals surface area contributed by atoms with Crippen LogP contribution in [-0.2, 0) is 0 Å². The molecule has 0 spiro atoms. The van der Waals surface area contributed by atoms with E-state index in [4.69, 9.17) is 11.6 Å². The highest BCUT2D eigenvalue weighted by molar-refractivity contribution is 6.29. The molecule has 6 heteroatoms. The summed E-state index contributed by atoms with van der Waals surface area (Å²) in [4.78, 5) is 14.2. The molecule has 0 radical (unpaired) electrons. The summed E-state index contributed by atoms with van der Waals surface area (Å²) in [6, 6.07) is 2.79. The third-order valence-electron chi connectivity index (χ3n) is 2.82. The summed E-state index contributed by atoms with van der Waals surface area (Å²) >= 11 is 5.71. The molecule has 0 atom stereocenters. The van der Waals surface area contributed by atoms with Crippen LogP contribution in [0.2, 0.25) is 5.15 Å². The van der Waals surface area contributed by atoms with Crippen molar-refractivity contribution in [1.29, 1.82) is 0 Å². The minimum atomic E-state index is -0.457. The van der Waals surface area contributed by atoms with Gasteiger partial charge in [-0.3, -0.25) is 10.1 Å². The number of halogens is 1.